The fourth-order valence-corrected chi connectivity index (χ4v) is 1.09. The molecule has 57 valence electrons. The fourth-order valence-electron chi connectivity index (χ4n) is 0.592. The Bertz CT molecular complexity index is 306. The first kappa shape index (κ1) is 11.1. The quantitative estimate of drug-likeness (QED) is 0.586. The molecule has 0 fully saturated rings. The SMILES string of the molecule is O=S(=O)(O)c1ccccc1.[Tl]. The molecule has 0 spiro atoms. The van der Waals surface area contributed by atoms with Gasteiger partial charge in [0.2, 0.25) is 0 Å². The Morgan fingerprint density at radius 2 is 1.55 bits per heavy atom. The molecule has 0 unspecified atom stereocenters. The van der Waals surface area contributed by atoms with Crippen molar-refractivity contribution in [2.24, 2.45) is 0 Å². The van der Waals surface area contributed by atoms with Crippen molar-refractivity contribution in [2.75, 3.05) is 0 Å². The van der Waals surface area contributed by atoms with Crippen LogP contribution < -0.4 is 0 Å². The normalized spacial score (nSPS) is 10.3. The minimum atomic E-state index is -4.00. The summed E-state index contributed by atoms with van der Waals surface area (Å²) in [6, 6.07) is 7.42. The minimum absolute atomic E-state index is 0. The molecule has 0 saturated heterocycles. The van der Waals surface area contributed by atoms with E-state index in [9.17, 15) is 8.42 Å². The van der Waals surface area contributed by atoms with E-state index >= 15 is 0 Å². The molecular formula is C6H6O3STl. The zero-order valence-corrected chi connectivity index (χ0v) is 10.9. The third-order valence-electron chi connectivity index (χ3n) is 1.04. The summed E-state index contributed by atoms with van der Waals surface area (Å²) >= 11 is 0. The van der Waals surface area contributed by atoms with Crippen LogP contribution in [0.5, 0.6) is 0 Å². The summed E-state index contributed by atoms with van der Waals surface area (Å²) in [6.07, 6.45) is 0. The Morgan fingerprint density at radius 1 is 1.09 bits per heavy atom. The summed E-state index contributed by atoms with van der Waals surface area (Å²) in [4.78, 5) is -0.0741. The Morgan fingerprint density at radius 3 is 1.82 bits per heavy atom. The van der Waals surface area contributed by atoms with Gasteiger partial charge in [0.15, 0.2) is 0 Å². The summed E-state index contributed by atoms with van der Waals surface area (Å²) in [5, 5.41) is 0. The van der Waals surface area contributed by atoms with E-state index in [1.807, 2.05) is 0 Å². The Labute approximate surface area is 85.3 Å². The molecule has 1 N–H and O–H groups in total. The monoisotopic (exact) mass is 363 g/mol. The molecule has 0 atom stereocenters. The van der Waals surface area contributed by atoms with E-state index < -0.39 is 10.1 Å². The standard InChI is InChI=1S/C6H6O3S.Tl/c7-10(8,9)6-4-2-1-3-5-6;/h1-5H,(H,7,8,9);. The average molecular weight is 363 g/mol. The predicted molar refractivity (Wildman–Crippen MR) is 42.0 cm³/mol. The van der Waals surface area contributed by atoms with Crippen LogP contribution >= 0.6 is 0 Å². The number of hydrogen-bond donors (Lipinski definition) is 1. The van der Waals surface area contributed by atoms with E-state index in [2.05, 4.69) is 0 Å². The van der Waals surface area contributed by atoms with Gasteiger partial charge < -0.3 is 0 Å². The molecule has 1 radical (unpaired) electrons. The molecule has 5 heteroatoms. The summed E-state index contributed by atoms with van der Waals surface area (Å²) in [5.74, 6) is 0. The molecule has 3 nitrogen and oxygen atoms in total. The van der Waals surface area contributed by atoms with E-state index in [4.69, 9.17) is 4.55 Å². The largest absolute Gasteiger partial charge is 0.294 e. The van der Waals surface area contributed by atoms with E-state index in [0.717, 1.165) is 0 Å². The van der Waals surface area contributed by atoms with Crippen molar-refractivity contribution in [1.82, 2.24) is 0 Å². The first-order valence-electron chi connectivity index (χ1n) is 2.63. The summed E-state index contributed by atoms with van der Waals surface area (Å²) in [7, 11) is -4.00. The predicted octanol–water partition coefficient (Wildman–Crippen LogP) is 0.553. The molecule has 0 bridgehead atoms. The van der Waals surface area contributed by atoms with Crippen molar-refractivity contribution in [3.63, 3.8) is 0 Å². The van der Waals surface area contributed by atoms with Gasteiger partial charge in [0.05, 0.1) is 4.90 Å². The van der Waals surface area contributed by atoms with Crippen LogP contribution in [0, 0.1) is 0 Å². The third kappa shape index (κ3) is 3.30. The Kier molecular flexibility index (Phi) is 4.19. The molecule has 1 aromatic carbocycles. The number of hydrogen-bond acceptors (Lipinski definition) is 2. The van der Waals surface area contributed by atoms with Crippen LogP contribution in [-0.2, 0) is 10.1 Å². The van der Waals surface area contributed by atoms with Crippen LogP contribution in [0.25, 0.3) is 0 Å². The van der Waals surface area contributed by atoms with Gasteiger partial charge in [-0.3, -0.25) is 4.55 Å². The van der Waals surface area contributed by atoms with Crippen LogP contribution in [0.4, 0.5) is 0 Å². The topological polar surface area (TPSA) is 54.4 Å². The zero-order chi connectivity index (χ0) is 7.61. The molecule has 11 heavy (non-hydrogen) atoms. The first-order valence-corrected chi connectivity index (χ1v) is 4.07. The summed E-state index contributed by atoms with van der Waals surface area (Å²) in [5.41, 5.74) is 0. The van der Waals surface area contributed by atoms with Crippen molar-refractivity contribution < 1.29 is 13.0 Å². The van der Waals surface area contributed by atoms with E-state index in [1.165, 1.54) is 12.1 Å². The van der Waals surface area contributed by atoms with Crippen LogP contribution in [0.2, 0.25) is 0 Å². The molecular weight excluding hydrogens is 357 g/mol. The first-order chi connectivity index (χ1) is 4.61. The zero-order valence-electron chi connectivity index (χ0n) is 5.64. The fraction of sp³-hybridized carbons (Fsp3) is 0. The van der Waals surface area contributed by atoms with Gasteiger partial charge >= 0.3 is 0 Å². The van der Waals surface area contributed by atoms with E-state index in [1.54, 1.807) is 18.2 Å². The molecule has 1 rings (SSSR count). The minimum Gasteiger partial charge on any atom is -0.282 e. The maximum Gasteiger partial charge on any atom is 0.294 e. The van der Waals surface area contributed by atoms with Gasteiger partial charge in [-0.1, -0.05) is 18.2 Å². The maximum atomic E-state index is 10.4. The second-order valence-electron chi connectivity index (χ2n) is 1.79. The Balaban J connectivity index is 0.000001000. The van der Waals surface area contributed by atoms with Crippen molar-refractivity contribution >= 4 is 37.4 Å². The van der Waals surface area contributed by atoms with Gasteiger partial charge in [0.1, 0.15) is 0 Å². The van der Waals surface area contributed by atoms with Crippen LogP contribution in [0.3, 0.4) is 0 Å². The smallest absolute Gasteiger partial charge is 0.282 e. The van der Waals surface area contributed by atoms with Gasteiger partial charge in [-0.05, 0) is 12.1 Å². The molecule has 0 heterocycles. The molecule has 0 aromatic heterocycles. The molecule has 0 amide bonds. The van der Waals surface area contributed by atoms with Gasteiger partial charge in [0.25, 0.3) is 10.1 Å². The van der Waals surface area contributed by atoms with Crippen molar-refractivity contribution in [3.05, 3.63) is 30.3 Å². The van der Waals surface area contributed by atoms with Crippen LogP contribution in [0.1, 0.15) is 0 Å². The summed E-state index contributed by atoms with van der Waals surface area (Å²) in [6.45, 7) is 0. The summed E-state index contributed by atoms with van der Waals surface area (Å²) < 4.78 is 29.2. The van der Waals surface area contributed by atoms with Gasteiger partial charge in [0, 0.05) is 27.3 Å². The maximum absolute atomic E-state index is 10.4. The van der Waals surface area contributed by atoms with Crippen molar-refractivity contribution in [2.45, 2.75) is 4.90 Å². The molecule has 0 aliphatic heterocycles. The van der Waals surface area contributed by atoms with E-state index in [-0.39, 0.29) is 32.2 Å². The Hall–Kier alpha value is 0.0521. The van der Waals surface area contributed by atoms with Crippen molar-refractivity contribution in [1.29, 1.82) is 0 Å². The van der Waals surface area contributed by atoms with Gasteiger partial charge in [-0.15, -0.1) is 0 Å². The van der Waals surface area contributed by atoms with Gasteiger partial charge in [-0.25, -0.2) is 0 Å². The molecule has 0 aliphatic rings. The molecule has 1 aromatic rings. The molecule has 0 aliphatic carbocycles. The number of rotatable bonds is 1. The second-order valence-corrected chi connectivity index (χ2v) is 3.21. The van der Waals surface area contributed by atoms with E-state index in [0.29, 0.717) is 0 Å². The third-order valence-corrected chi connectivity index (χ3v) is 1.91. The van der Waals surface area contributed by atoms with Gasteiger partial charge in [-0.2, -0.15) is 8.42 Å². The number of benzene rings is 1. The average Bonchev–Trinajstić information content (AvgIpc) is 1.88. The second kappa shape index (κ2) is 4.17. The van der Waals surface area contributed by atoms with Crippen LogP contribution in [-0.4, -0.2) is 40.3 Å². The van der Waals surface area contributed by atoms with Crippen molar-refractivity contribution in [3.8, 4) is 0 Å². The van der Waals surface area contributed by atoms with Crippen LogP contribution in [0.15, 0.2) is 35.2 Å². The molecule has 0 saturated carbocycles.